The lowest BCUT2D eigenvalue weighted by Crippen LogP contribution is -2.01. The molecule has 0 saturated carbocycles. The normalized spacial score (nSPS) is 11.6. The van der Waals surface area contributed by atoms with Gasteiger partial charge in [-0.1, -0.05) is 0 Å². The van der Waals surface area contributed by atoms with Gasteiger partial charge in [0.15, 0.2) is 5.78 Å². The number of carbonyl (C=O) groups is 1. The van der Waals surface area contributed by atoms with Crippen LogP contribution >= 0.6 is 0 Å². The summed E-state index contributed by atoms with van der Waals surface area (Å²) in [5.74, 6) is 0.0539. The molecule has 0 radical (unpaired) electrons. The smallest absolute Gasteiger partial charge is 0.189 e. The van der Waals surface area contributed by atoms with E-state index in [1.807, 2.05) is 14.0 Å². The molecule has 0 atom stereocenters. The quantitative estimate of drug-likeness (QED) is 0.690. The molecule has 0 spiro atoms. The van der Waals surface area contributed by atoms with Gasteiger partial charge in [-0.15, -0.1) is 0 Å². The number of ketones is 1. The van der Waals surface area contributed by atoms with Gasteiger partial charge in [0.2, 0.25) is 0 Å². The maximum atomic E-state index is 12.6. The molecule has 112 valence electrons. The van der Waals surface area contributed by atoms with Gasteiger partial charge in [-0.2, -0.15) is 0 Å². The van der Waals surface area contributed by atoms with Crippen LogP contribution in [0.25, 0.3) is 10.9 Å². The molecule has 2 aromatic rings. The molecule has 2 rings (SSSR count). The number of allylic oxidation sites excluding steroid dienone is 1. The first-order valence-corrected chi connectivity index (χ1v) is 7.26. The summed E-state index contributed by atoms with van der Waals surface area (Å²) in [6.45, 7) is 10.6. The molecule has 0 saturated heterocycles. The van der Waals surface area contributed by atoms with Crippen molar-refractivity contribution in [1.29, 1.82) is 0 Å². The van der Waals surface area contributed by atoms with E-state index in [0.29, 0.717) is 0 Å². The average molecular weight is 284 g/mol. The highest BCUT2D eigenvalue weighted by Crippen LogP contribution is 2.35. The van der Waals surface area contributed by atoms with Crippen LogP contribution in [0.3, 0.4) is 0 Å². The second kappa shape index (κ2) is 5.40. The number of nitrogens with one attached hydrogen (secondary N) is 1. The second-order valence-electron chi connectivity index (χ2n) is 5.73. The lowest BCUT2D eigenvalue weighted by molar-refractivity contribution is 0.104. The third kappa shape index (κ3) is 2.17. The SMILES string of the molecule is CNC=CC(=O)c1c(C)n(C)c2c(C)c(C)c(C)c(C)c12. The summed E-state index contributed by atoms with van der Waals surface area (Å²) in [5, 5.41) is 3.98. The number of hydrogen-bond acceptors (Lipinski definition) is 2. The Bertz CT molecular complexity index is 764. The molecule has 0 amide bonds. The van der Waals surface area contributed by atoms with E-state index >= 15 is 0 Å². The van der Waals surface area contributed by atoms with Gasteiger partial charge >= 0.3 is 0 Å². The van der Waals surface area contributed by atoms with Crippen LogP contribution in [0.15, 0.2) is 12.3 Å². The van der Waals surface area contributed by atoms with Crippen molar-refractivity contribution in [1.82, 2.24) is 9.88 Å². The third-order valence-electron chi connectivity index (χ3n) is 4.75. The zero-order chi connectivity index (χ0) is 15.9. The van der Waals surface area contributed by atoms with Crippen LogP contribution in [-0.4, -0.2) is 17.4 Å². The van der Waals surface area contributed by atoms with Crippen LogP contribution in [0.2, 0.25) is 0 Å². The lowest BCUT2D eigenvalue weighted by atomic mass is 9.92. The number of fused-ring (bicyclic) bond motifs is 1. The Morgan fingerprint density at radius 2 is 1.57 bits per heavy atom. The van der Waals surface area contributed by atoms with E-state index in [9.17, 15) is 4.79 Å². The van der Waals surface area contributed by atoms with Gasteiger partial charge < -0.3 is 9.88 Å². The standard InChI is InChI=1S/C18H24N2O/c1-10-11(2)13(4)18-16(12(10)3)17(14(5)20(18)7)15(21)8-9-19-6/h8-9,19H,1-7H3. The molecular weight excluding hydrogens is 260 g/mol. The number of benzene rings is 1. The van der Waals surface area contributed by atoms with Crippen molar-refractivity contribution in [3.63, 3.8) is 0 Å². The molecule has 0 aliphatic rings. The fraction of sp³-hybridized carbons (Fsp3) is 0.389. The van der Waals surface area contributed by atoms with E-state index in [4.69, 9.17) is 0 Å². The van der Waals surface area contributed by atoms with Crippen LogP contribution in [0, 0.1) is 34.6 Å². The van der Waals surface area contributed by atoms with Gasteiger partial charge in [0.25, 0.3) is 0 Å². The molecule has 21 heavy (non-hydrogen) atoms. The van der Waals surface area contributed by atoms with Gasteiger partial charge in [0.05, 0.1) is 11.1 Å². The zero-order valence-electron chi connectivity index (χ0n) is 14.0. The molecule has 1 N–H and O–H groups in total. The summed E-state index contributed by atoms with van der Waals surface area (Å²) in [6, 6.07) is 0. The minimum Gasteiger partial charge on any atom is -0.394 e. The maximum absolute atomic E-state index is 12.6. The monoisotopic (exact) mass is 284 g/mol. The van der Waals surface area contributed by atoms with Crippen molar-refractivity contribution >= 4 is 16.7 Å². The van der Waals surface area contributed by atoms with E-state index in [2.05, 4.69) is 37.6 Å². The molecule has 0 aliphatic carbocycles. The number of aromatic nitrogens is 1. The predicted octanol–water partition coefficient (Wildman–Crippen LogP) is 3.64. The van der Waals surface area contributed by atoms with Crippen molar-refractivity contribution in [2.24, 2.45) is 7.05 Å². The lowest BCUT2D eigenvalue weighted by Gasteiger charge is -2.13. The molecule has 3 nitrogen and oxygen atoms in total. The van der Waals surface area contributed by atoms with Crippen LogP contribution in [0.5, 0.6) is 0 Å². The van der Waals surface area contributed by atoms with Gasteiger partial charge in [0, 0.05) is 37.5 Å². The molecule has 0 bridgehead atoms. The van der Waals surface area contributed by atoms with E-state index in [1.54, 1.807) is 19.3 Å². The van der Waals surface area contributed by atoms with E-state index in [0.717, 1.165) is 16.6 Å². The molecule has 0 unspecified atom stereocenters. The van der Waals surface area contributed by atoms with Gasteiger partial charge in [-0.05, 0) is 56.9 Å². The van der Waals surface area contributed by atoms with Crippen molar-refractivity contribution < 1.29 is 4.79 Å². The molecule has 1 aromatic carbocycles. The minimum atomic E-state index is 0.0539. The van der Waals surface area contributed by atoms with E-state index < -0.39 is 0 Å². The van der Waals surface area contributed by atoms with Gasteiger partial charge in [-0.25, -0.2) is 0 Å². The fourth-order valence-corrected chi connectivity index (χ4v) is 3.08. The van der Waals surface area contributed by atoms with Crippen LogP contribution in [0.4, 0.5) is 0 Å². The third-order valence-corrected chi connectivity index (χ3v) is 4.75. The Labute approximate surface area is 126 Å². The first kappa shape index (κ1) is 15.4. The zero-order valence-corrected chi connectivity index (χ0v) is 14.0. The Kier molecular flexibility index (Phi) is 3.95. The first-order chi connectivity index (χ1) is 9.82. The van der Waals surface area contributed by atoms with Crippen molar-refractivity contribution in [2.45, 2.75) is 34.6 Å². The largest absolute Gasteiger partial charge is 0.394 e. The highest BCUT2D eigenvalue weighted by atomic mass is 16.1. The van der Waals surface area contributed by atoms with Crippen molar-refractivity contribution in [3.05, 3.63) is 45.8 Å². The second-order valence-corrected chi connectivity index (χ2v) is 5.73. The topological polar surface area (TPSA) is 34.0 Å². The summed E-state index contributed by atoms with van der Waals surface area (Å²) in [5.41, 5.74) is 8.07. The number of nitrogens with zero attached hydrogens (tertiary/aromatic N) is 1. The molecular formula is C18H24N2O. The molecule has 1 aromatic heterocycles. The minimum absolute atomic E-state index is 0.0539. The number of aryl methyl sites for hydroxylation is 3. The Balaban J connectivity index is 2.94. The Morgan fingerprint density at radius 1 is 1.00 bits per heavy atom. The summed E-state index contributed by atoms with van der Waals surface area (Å²) in [6.07, 6.45) is 3.29. The van der Waals surface area contributed by atoms with E-state index in [1.165, 1.54) is 27.8 Å². The van der Waals surface area contributed by atoms with Crippen LogP contribution in [-0.2, 0) is 7.05 Å². The Morgan fingerprint density at radius 3 is 2.14 bits per heavy atom. The number of carbonyl (C=O) groups excluding carboxylic acids is 1. The summed E-state index contributed by atoms with van der Waals surface area (Å²) < 4.78 is 2.14. The van der Waals surface area contributed by atoms with E-state index in [-0.39, 0.29) is 5.78 Å². The summed E-state index contributed by atoms with van der Waals surface area (Å²) in [4.78, 5) is 12.6. The summed E-state index contributed by atoms with van der Waals surface area (Å²) >= 11 is 0. The van der Waals surface area contributed by atoms with Crippen molar-refractivity contribution in [2.75, 3.05) is 7.05 Å². The van der Waals surface area contributed by atoms with Crippen LogP contribution in [0.1, 0.15) is 38.3 Å². The fourth-order valence-electron chi connectivity index (χ4n) is 3.08. The molecule has 1 heterocycles. The number of hydrogen-bond donors (Lipinski definition) is 1. The number of rotatable bonds is 3. The van der Waals surface area contributed by atoms with Gasteiger partial charge in [0.1, 0.15) is 0 Å². The molecule has 0 fully saturated rings. The maximum Gasteiger partial charge on any atom is 0.189 e. The van der Waals surface area contributed by atoms with Crippen molar-refractivity contribution in [3.8, 4) is 0 Å². The van der Waals surface area contributed by atoms with Crippen LogP contribution < -0.4 is 5.32 Å². The highest BCUT2D eigenvalue weighted by Gasteiger charge is 2.22. The molecule has 0 aliphatic heterocycles. The van der Waals surface area contributed by atoms with Gasteiger partial charge in [-0.3, -0.25) is 4.79 Å². The average Bonchev–Trinajstić information content (AvgIpc) is 2.73. The summed E-state index contributed by atoms with van der Waals surface area (Å²) in [7, 11) is 3.83. The molecule has 3 heteroatoms. The predicted molar refractivity (Wildman–Crippen MR) is 89.1 cm³/mol. The highest BCUT2D eigenvalue weighted by molar-refractivity contribution is 6.16. The first-order valence-electron chi connectivity index (χ1n) is 7.26. The Hall–Kier alpha value is -2.03.